The molecule has 0 aliphatic rings. The van der Waals surface area contributed by atoms with Crippen LogP contribution < -0.4 is 24.0 Å². The second kappa shape index (κ2) is 8.73. The highest BCUT2D eigenvalue weighted by atomic mass is 127. The Balaban J connectivity index is 0.00000400. The molecule has 0 heterocycles. The number of esters is 1. The van der Waals surface area contributed by atoms with E-state index in [4.69, 9.17) is 4.74 Å². The van der Waals surface area contributed by atoms with Crippen LogP contribution >= 0.6 is 0 Å². The predicted octanol–water partition coefficient (Wildman–Crippen LogP) is -1.14. The van der Waals surface area contributed by atoms with E-state index in [2.05, 4.69) is 0 Å². The van der Waals surface area contributed by atoms with E-state index < -0.39 is 10.9 Å². The van der Waals surface area contributed by atoms with E-state index in [9.17, 15) is 14.9 Å². The third kappa shape index (κ3) is 8.41. The van der Waals surface area contributed by atoms with Crippen molar-refractivity contribution in [1.29, 1.82) is 0 Å². The summed E-state index contributed by atoms with van der Waals surface area (Å²) in [4.78, 5) is 21.6. The molecule has 1 aromatic rings. The van der Waals surface area contributed by atoms with Crippen LogP contribution in [0, 0.1) is 10.1 Å². The van der Waals surface area contributed by atoms with E-state index in [0.29, 0.717) is 16.7 Å². The van der Waals surface area contributed by atoms with E-state index >= 15 is 0 Å². The number of non-ortho nitro benzene ring substituents is 1. The van der Waals surface area contributed by atoms with Gasteiger partial charge in [-0.05, 0) is 11.6 Å². The molecule has 1 rings (SSSR count). The van der Waals surface area contributed by atoms with Gasteiger partial charge in [0.1, 0.15) is 13.2 Å². The minimum Gasteiger partial charge on any atom is -1.00 e. The summed E-state index contributed by atoms with van der Waals surface area (Å²) < 4.78 is 5.75. The fraction of sp³-hybridized carbons (Fsp3) is 0.357. The number of quaternary nitrogens is 1. The van der Waals surface area contributed by atoms with Crippen LogP contribution in [0.4, 0.5) is 5.69 Å². The molecule has 6 nitrogen and oxygen atoms in total. The zero-order valence-electron chi connectivity index (χ0n) is 12.3. The Morgan fingerprint density at radius 1 is 1.38 bits per heavy atom. The standard InChI is InChI=1S/C14H19N2O4.HI/c1-16(2,3)9-10-20-14(17)8-7-12-5-4-6-13(11-12)15(18)19;/h4-8,11H,9-10H2,1-3H3;1H/q+1;/p-1/b8-7+;. The SMILES string of the molecule is C[N+](C)(C)CCOC(=O)/C=C/c1cccc([N+](=O)[O-])c1.[I-]. The Morgan fingerprint density at radius 2 is 2.05 bits per heavy atom. The molecule has 0 fully saturated rings. The maximum atomic E-state index is 11.5. The molecule has 7 heteroatoms. The second-order valence-electron chi connectivity index (χ2n) is 5.37. The minimum atomic E-state index is -0.475. The van der Waals surface area contributed by atoms with Gasteiger partial charge >= 0.3 is 5.97 Å². The van der Waals surface area contributed by atoms with Gasteiger partial charge in [-0.15, -0.1) is 0 Å². The highest BCUT2D eigenvalue weighted by molar-refractivity contribution is 5.87. The van der Waals surface area contributed by atoms with E-state index in [1.54, 1.807) is 12.1 Å². The summed E-state index contributed by atoms with van der Waals surface area (Å²) in [5.41, 5.74) is 0.577. The molecular formula is C14H19IN2O4. The number of benzene rings is 1. The van der Waals surface area contributed by atoms with Crippen LogP contribution in [0.1, 0.15) is 5.56 Å². The molecule has 0 bridgehead atoms. The summed E-state index contributed by atoms with van der Waals surface area (Å²) in [6.45, 7) is 1.05. The normalized spacial score (nSPS) is 11.0. The van der Waals surface area contributed by atoms with E-state index in [1.807, 2.05) is 21.1 Å². The first kappa shape index (κ1) is 19.5. The lowest BCUT2D eigenvalue weighted by molar-refractivity contribution is -0.870. The van der Waals surface area contributed by atoms with Gasteiger partial charge in [0.05, 0.1) is 26.1 Å². The quantitative estimate of drug-likeness (QED) is 0.150. The van der Waals surface area contributed by atoms with Crippen LogP contribution in [0.2, 0.25) is 0 Å². The first-order chi connectivity index (χ1) is 9.28. The number of nitro benzene ring substituents is 1. The van der Waals surface area contributed by atoms with Crippen LogP contribution in [-0.4, -0.2) is 49.7 Å². The average molecular weight is 406 g/mol. The zero-order valence-corrected chi connectivity index (χ0v) is 14.4. The minimum absolute atomic E-state index is 0. The average Bonchev–Trinajstić information content (AvgIpc) is 2.35. The maximum absolute atomic E-state index is 11.5. The highest BCUT2D eigenvalue weighted by Gasteiger charge is 2.08. The fourth-order valence-electron chi connectivity index (χ4n) is 1.37. The van der Waals surface area contributed by atoms with E-state index in [-0.39, 0.29) is 29.7 Å². The largest absolute Gasteiger partial charge is 1.00 e. The number of carbonyl (C=O) groups excluding carboxylic acids is 1. The predicted molar refractivity (Wildman–Crippen MR) is 76.0 cm³/mol. The number of nitrogens with zero attached hydrogens (tertiary/aromatic N) is 2. The van der Waals surface area contributed by atoms with Gasteiger partial charge < -0.3 is 33.2 Å². The van der Waals surface area contributed by atoms with Gasteiger partial charge in [-0.1, -0.05) is 12.1 Å². The van der Waals surface area contributed by atoms with Crippen molar-refractivity contribution in [1.82, 2.24) is 0 Å². The summed E-state index contributed by atoms with van der Waals surface area (Å²) in [6, 6.07) is 6.05. The van der Waals surface area contributed by atoms with E-state index in [0.717, 1.165) is 6.54 Å². The lowest BCUT2D eigenvalue weighted by Gasteiger charge is -2.23. The Morgan fingerprint density at radius 3 is 2.62 bits per heavy atom. The zero-order chi connectivity index (χ0) is 15.2. The topological polar surface area (TPSA) is 69.4 Å². The first-order valence-corrected chi connectivity index (χ1v) is 6.18. The molecule has 21 heavy (non-hydrogen) atoms. The van der Waals surface area contributed by atoms with Crippen molar-refractivity contribution in [3.63, 3.8) is 0 Å². The lowest BCUT2D eigenvalue weighted by atomic mass is 10.2. The summed E-state index contributed by atoms with van der Waals surface area (Å²) in [5, 5.41) is 10.6. The molecule has 0 saturated heterocycles. The molecule has 0 aliphatic heterocycles. The highest BCUT2D eigenvalue weighted by Crippen LogP contribution is 2.14. The summed E-state index contributed by atoms with van der Waals surface area (Å²) in [7, 11) is 6.02. The molecule has 0 saturated carbocycles. The van der Waals surface area contributed by atoms with Crippen molar-refractivity contribution < 1.29 is 42.9 Å². The monoisotopic (exact) mass is 406 g/mol. The van der Waals surface area contributed by atoms with Crippen LogP contribution in [0.5, 0.6) is 0 Å². The van der Waals surface area contributed by atoms with Crippen LogP contribution in [-0.2, 0) is 9.53 Å². The van der Waals surface area contributed by atoms with Crippen molar-refractivity contribution in [2.75, 3.05) is 34.3 Å². The molecule has 0 unspecified atom stereocenters. The smallest absolute Gasteiger partial charge is 0.330 e. The molecule has 0 aromatic heterocycles. The third-order valence-electron chi connectivity index (χ3n) is 2.50. The van der Waals surface area contributed by atoms with E-state index in [1.165, 1.54) is 24.3 Å². The van der Waals surface area contributed by atoms with Crippen molar-refractivity contribution in [3.05, 3.63) is 46.0 Å². The molecular weight excluding hydrogens is 387 g/mol. The van der Waals surface area contributed by atoms with Crippen molar-refractivity contribution >= 4 is 17.7 Å². The number of halogens is 1. The number of hydrogen-bond acceptors (Lipinski definition) is 4. The van der Waals surface area contributed by atoms with Gasteiger partial charge in [0, 0.05) is 18.2 Å². The van der Waals surface area contributed by atoms with Crippen molar-refractivity contribution in [3.8, 4) is 0 Å². The molecule has 0 spiro atoms. The Bertz CT molecular complexity index is 524. The number of carbonyl (C=O) groups is 1. The van der Waals surface area contributed by atoms with Crippen LogP contribution in [0.25, 0.3) is 6.08 Å². The van der Waals surface area contributed by atoms with Gasteiger partial charge in [-0.25, -0.2) is 4.79 Å². The van der Waals surface area contributed by atoms with Crippen molar-refractivity contribution in [2.45, 2.75) is 0 Å². The van der Waals surface area contributed by atoms with Crippen LogP contribution in [0.15, 0.2) is 30.3 Å². The third-order valence-corrected chi connectivity index (χ3v) is 2.50. The second-order valence-corrected chi connectivity index (χ2v) is 5.37. The number of ether oxygens (including phenoxy) is 1. The Hall–Kier alpha value is -1.48. The number of likely N-dealkylation sites (N-methyl/N-ethyl adjacent to an activating group) is 1. The number of hydrogen-bond donors (Lipinski definition) is 0. The number of rotatable bonds is 6. The van der Waals surface area contributed by atoms with Crippen LogP contribution in [0.3, 0.4) is 0 Å². The van der Waals surface area contributed by atoms with Gasteiger partial charge in [0.2, 0.25) is 0 Å². The van der Waals surface area contributed by atoms with Gasteiger partial charge in [0.15, 0.2) is 0 Å². The Kier molecular flexibility index (Phi) is 8.11. The fourth-order valence-corrected chi connectivity index (χ4v) is 1.37. The molecule has 0 radical (unpaired) electrons. The molecule has 1 aromatic carbocycles. The van der Waals surface area contributed by atoms with Crippen molar-refractivity contribution in [2.24, 2.45) is 0 Å². The summed E-state index contributed by atoms with van der Waals surface area (Å²) in [5.74, 6) is -0.454. The molecule has 0 N–H and O–H groups in total. The molecule has 116 valence electrons. The first-order valence-electron chi connectivity index (χ1n) is 6.18. The number of nitro groups is 1. The Labute approximate surface area is 141 Å². The summed E-state index contributed by atoms with van der Waals surface area (Å²) in [6.07, 6.45) is 2.77. The van der Waals surface area contributed by atoms with Gasteiger partial charge in [-0.2, -0.15) is 0 Å². The maximum Gasteiger partial charge on any atom is 0.330 e. The summed E-state index contributed by atoms with van der Waals surface area (Å²) >= 11 is 0. The van der Waals surface area contributed by atoms with Gasteiger partial charge in [-0.3, -0.25) is 10.1 Å². The lowest BCUT2D eigenvalue weighted by Crippen LogP contribution is -3.00. The molecule has 0 atom stereocenters. The van der Waals surface area contributed by atoms with Gasteiger partial charge in [0.25, 0.3) is 5.69 Å². The molecule has 0 aliphatic carbocycles. The molecule has 0 amide bonds.